The number of carbonyl (C=O) groups is 1. The Labute approximate surface area is 152 Å². The third-order valence-corrected chi connectivity index (χ3v) is 7.91. The molecule has 6 rings (SSSR count). The molecule has 5 aliphatic rings. The molecule has 1 spiro atoms. The number of piperidine rings is 1. The Morgan fingerprint density at radius 3 is 2.92 bits per heavy atom. The number of ketones is 1. The first kappa shape index (κ1) is 15.5. The van der Waals surface area contributed by atoms with Crippen LogP contribution in [-0.2, 0) is 16.6 Å². The lowest BCUT2D eigenvalue weighted by atomic mass is 9.48. The zero-order valence-electron chi connectivity index (χ0n) is 15.1. The predicted octanol–water partition coefficient (Wildman–Crippen LogP) is 1.83. The smallest absolute Gasteiger partial charge is 0.174 e. The van der Waals surface area contributed by atoms with Gasteiger partial charge < -0.3 is 14.9 Å². The molecule has 2 saturated carbocycles. The van der Waals surface area contributed by atoms with E-state index in [9.17, 15) is 15.0 Å². The monoisotopic (exact) mass is 355 g/mol. The summed E-state index contributed by atoms with van der Waals surface area (Å²) in [5.74, 6) is 1.41. The Morgan fingerprint density at radius 1 is 1.35 bits per heavy atom. The number of benzene rings is 1. The molecule has 138 valence electrons. The lowest BCUT2D eigenvalue weighted by Gasteiger charge is -2.62. The molecular formula is C21H25NO4. The molecule has 0 radical (unpaired) electrons. The maximum atomic E-state index is 12.8. The van der Waals surface area contributed by atoms with Crippen LogP contribution < -0.4 is 4.74 Å². The van der Waals surface area contributed by atoms with E-state index in [2.05, 4.69) is 4.90 Å². The van der Waals surface area contributed by atoms with Crippen LogP contribution in [0.1, 0.15) is 48.8 Å². The summed E-state index contributed by atoms with van der Waals surface area (Å²) in [6, 6.07) is 1.80. The van der Waals surface area contributed by atoms with Gasteiger partial charge >= 0.3 is 0 Å². The fourth-order valence-electron chi connectivity index (χ4n) is 6.53. The summed E-state index contributed by atoms with van der Waals surface area (Å²) in [6.07, 6.45) is 4.32. The third-order valence-electron chi connectivity index (χ3n) is 7.91. The number of hydrogen-bond donors (Lipinski definition) is 2. The van der Waals surface area contributed by atoms with Gasteiger partial charge in [0.05, 0.1) is 11.0 Å². The fraction of sp³-hybridized carbons (Fsp3) is 0.667. The number of hydrogen-bond acceptors (Lipinski definition) is 5. The molecule has 2 N–H and O–H groups in total. The SMILES string of the molecule is Cc1cc(O)c2c3c1C[C@H]1N(CC4CC4)CC[C@@]34C(O2)C(=O)CC[C@@]14O. The Bertz CT molecular complexity index is 847. The van der Waals surface area contributed by atoms with Crippen LogP contribution in [-0.4, -0.2) is 51.7 Å². The lowest BCUT2D eigenvalue weighted by Crippen LogP contribution is -2.76. The van der Waals surface area contributed by atoms with Gasteiger partial charge in [-0.25, -0.2) is 0 Å². The second-order valence-corrected chi connectivity index (χ2v) is 9.16. The maximum absolute atomic E-state index is 12.8. The third kappa shape index (κ3) is 1.59. The predicted molar refractivity (Wildman–Crippen MR) is 94.5 cm³/mol. The molecule has 5 nitrogen and oxygen atoms in total. The Morgan fingerprint density at radius 2 is 2.15 bits per heavy atom. The first-order chi connectivity index (χ1) is 12.5. The number of aliphatic hydroxyl groups is 1. The standard InChI is InChI=1S/C21H25NO4/c1-11-8-15(24)18-17-13(11)9-16-21(25)5-4-14(23)19(26-18)20(17,21)6-7-22(16)10-12-2-3-12/h8,12,16,19,24-25H,2-7,9-10H2,1H3/t16-,19?,20+,21-/m1/s1. The van der Waals surface area contributed by atoms with Crippen LogP contribution in [0.5, 0.6) is 11.5 Å². The van der Waals surface area contributed by atoms with E-state index in [1.165, 1.54) is 18.4 Å². The molecular weight excluding hydrogens is 330 g/mol. The molecule has 3 fully saturated rings. The molecule has 0 aromatic heterocycles. The van der Waals surface area contributed by atoms with Gasteiger partial charge in [0.2, 0.25) is 0 Å². The minimum atomic E-state index is -0.947. The number of phenols is 1. The first-order valence-electron chi connectivity index (χ1n) is 9.97. The van der Waals surface area contributed by atoms with E-state index in [4.69, 9.17) is 4.74 Å². The summed E-state index contributed by atoms with van der Waals surface area (Å²) in [5, 5.41) is 22.6. The highest BCUT2D eigenvalue weighted by atomic mass is 16.5. The molecule has 2 aliphatic heterocycles. The highest BCUT2D eigenvalue weighted by Crippen LogP contribution is 2.65. The summed E-state index contributed by atoms with van der Waals surface area (Å²) < 4.78 is 6.09. The number of Topliss-reactive ketones (excluding diaryl/α,β-unsaturated/α-hetero) is 1. The fourth-order valence-corrected chi connectivity index (χ4v) is 6.53. The van der Waals surface area contributed by atoms with Crippen molar-refractivity contribution in [3.63, 3.8) is 0 Å². The highest BCUT2D eigenvalue weighted by molar-refractivity contribution is 5.90. The number of nitrogens with zero attached hydrogens (tertiary/aromatic N) is 1. The number of carbonyl (C=O) groups excluding carboxylic acids is 1. The zero-order chi connectivity index (χ0) is 17.8. The van der Waals surface area contributed by atoms with E-state index in [1.54, 1.807) is 6.07 Å². The van der Waals surface area contributed by atoms with Crippen LogP contribution in [0.25, 0.3) is 0 Å². The Balaban J connectivity index is 1.60. The van der Waals surface area contributed by atoms with Crippen molar-refractivity contribution in [2.75, 3.05) is 13.1 Å². The van der Waals surface area contributed by atoms with Crippen LogP contribution in [0.4, 0.5) is 0 Å². The van der Waals surface area contributed by atoms with E-state index >= 15 is 0 Å². The van der Waals surface area contributed by atoms with Gasteiger partial charge in [0, 0.05) is 24.6 Å². The van der Waals surface area contributed by atoms with Gasteiger partial charge in [-0.3, -0.25) is 9.69 Å². The average molecular weight is 355 g/mol. The summed E-state index contributed by atoms with van der Waals surface area (Å²) >= 11 is 0. The first-order valence-corrected chi connectivity index (χ1v) is 9.97. The van der Waals surface area contributed by atoms with Gasteiger partial charge in [-0.05, 0) is 68.7 Å². The number of likely N-dealkylation sites (tertiary alicyclic amines) is 1. The second kappa shape index (κ2) is 4.63. The van der Waals surface area contributed by atoms with Gasteiger partial charge in [0.15, 0.2) is 23.4 Å². The Kier molecular flexibility index (Phi) is 2.75. The van der Waals surface area contributed by atoms with Crippen molar-refractivity contribution >= 4 is 5.78 Å². The van der Waals surface area contributed by atoms with Crippen molar-refractivity contribution in [2.45, 2.75) is 68.6 Å². The molecule has 0 amide bonds. The number of phenolic OH excluding ortho intramolecular Hbond substituents is 1. The van der Waals surface area contributed by atoms with Crippen LogP contribution in [0.3, 0.4) is 0 Å². The van der Waals surface area contributed by atoms with Gasteiger partial charge in [-0.2, -0.15) is 0 Å². The summed E-state index contributed by atoms with van der Waals surface area (Å²) in [6.45, 7) is 3.97. The van der Waals surface area contributed by atoms with Crippen LogP contribution in [0, 0.1) is 12.8 Å². The summed E-state index contributed by atoms with van der Waals surface area (Å²) in [4.78, 5) is 15.3. The van der Waals surface area contributed by atoms with Gasteiger partial charge in [0.1, 0.15) is 0 Å². The maximum Gasteiger partial charge on any atom is 0.174 e. The van der Waals surface area contributed by atoms with E-state index < -0.39 is 17.1 Å². The van der Waals surface area contributed by atoms with E-state index in [1.807, 2.05) is 6.92 Å². The van der Waals surface area contributed by atoms with Crippen molar-refractivity contribution in [1.82, 2.24) is 4.90 Å². The minimum absolute atomic E-state index is 0.0396. The van der Waals surface area contributed by atoms with Crippen molar-refractivity contribution < 1.29 is 19.7 Å². The van der Waals surface area contributed by atoms with Gasteiger partial charge in [0.25, 0.3) is 0 Å². The molecule has 3 aliphatic carbocycles. The molecule has 26 heavy (non-hydrogen) atoms. The molecule has 1 aromatic carbocycles. The molecule has 4 atom stereocenters. The summed E-state index contributed by atoms with van der Waals surface area (Å²) in [7, 11) is 0. The van der Waals surface area contributed by atoms with Crippen LogP contribution in [0.2, 0.25) is 0 Å². The minimum Gasteiger partial charge on any atom is -0.504 e. The highest BCUT2D eigenvalue weighted by Gasteiger charge is 2.73. The summed E-state index contributed by atoms with van der Waals surface area (Å²) in [5.41, 5.74) is 1.54. The zero-order valence-corrected chi connectivity index (χ0v) is 15.1. The van der Waals surface area contributed by atoms with E-state index in [0.717, 1.165) is 43.0 Å². The van der Waals surface area contributed by atoms with Gasteiger partial charge in [-0.15, -0.1) is 0 Å². The quantitative estimate of drug-likeness (QED) is 0.847. The topological polar surface area (TPSA) is 70.0 Å². The molecule has 2 heterocycles. The van der Waals surface area contributed by atoms with Crippen LogP contribution in [0.15, 0.2) is 6.07 Å². The molecule has 1 unspecified atom stereocenters. The van der Waals surface area contributed by atoms with Gasteiger partial charge in [-0.1, -0.05) is 0 Å². The molecule has 1 saturated heterocycles. The normalized spacial score (nSPS) is 40.3. The van der Waals surface area contributed by atoms with E-state index in [0.29, 0.717) is 18.6 Å². The van der Waals surface area contributed by atoms with Crippen molar-refractivity contribution in [1.29, 1.82) is 0 Å². The van der Waals surface area contributed by atoms with Crippen molar-refractivity contribution in [3.05, 3.63) is 22.8 Å². The number of aryl methyl sites for hydroxylation is 1. The number of aromatic hydroxyl groups is 1. The Hall–Kier alpha value is -1.59. The number of ether oxygens (including phenoxy) is 1. The molecule has 1 aromatic rings. The van der Waals surface area contributed by atoms with Crippen molar-refractivity contribution in [3.8, 4) is 11.5 Å². The number of rotatable bonds is 2. The van der Waals surface area contributed by atoms with Crippen LogP contribution >= 0.6 is 0 Å². The lowest BCUT2D eigenvalue weighted by molar-refractivity contribution is -0.188. The molecule has 2 bridgehead atoms. The second-order valence-electron chi connectivity index (χ2n) is 9.16. The largest absolute Gasteiger partial charge is 0.504 e. The molecule has 5 heteroatoms. The van der Waals surface area contributed by atoms with E-state index in [-0.39, 0.29) is 17.6 Å². The average Bonchev–Trinajstić information content (AvgIpc) is 3.33. The van der Waals surface area contributed by atoms with Crippen molar-refractivity contribution in [2.24, 2.45) is 5.92 Å².